The number of carbonyl (C=O) groups excluding carboxylic acids is 1. The second-order valence-electron chi connectivity index (χ2n) is 7.06. The van der Waals surface area contributed by atoms with E-state index in [1.165, 1.54) is 25.3 Å². The molecule has 0 aliphatic carbocycles. The average Bonchev–Trinajstić information content (AvgIpc) is 3.14. The first-order chi connectivity index (χ1) is 14.8. The van der Waals surface area contributed by atoms with Crippen LogP contribution in [-0.4, -0.2) is 44.5 Å². The molecular weight excluding hydrogens is 404 g/mol. The van der Waals surface area contributed by atoms with E-state index in [9.17, 15) is 19.8 Å². The molecule has 31 heavy (non-hydrogen) atoms. The zero-order valence-corrected chi connectivity index (χ0v) is 17.5. The first-order valence-corrected chi connectivity index (χ1v) is 9.60. The highest BCUT2D eigenvalue weighted by Crippen LogP contribution is 2.37. The number of ether oxygens (including phenoxy) is 1. The molecule has 2 aromatic heterocycles. The molecule has 0 radical (unpaired) electrons. The van der Waals surface area contributed by atoms with Gasteiger partial charge in [0.05, 0.1) is 13.0 Å². The maximum absolute atomic E-state index is 12.7. The largest absolute Gasteiger partial charge is 0.504 e. The van der Waals surface area contributed by atoms with Crippen molar-refractivity contribution in [1.82, 2.24) is 20.1 Å². The van der Waals surface area contributed by atoms with E-state index in [1.807, 2.05) is 0 Å². The van der Waals surface area contributed by atoms with Gasteiger partial charge in [0.25, 0.3) is 0 Å². The van der Waals surface area contributed by atoms with Crippen molar-refractivity contribution >= 4 is 5.91 Å². The van der Waals surface area contributed by atoms with Crippen LogP contribution in [0.25, 0.3) is 0 Å². The first-order valence-electron chi connectivity index (χ1n) is 9.60. The smallest absolute Gasteiger partial charge is 0.227 e. The molecular formula is C21H24N4O6. The fourth-order valence-electron chi connectivity index (χ4n) is 3.20. The third-order valence-electron chi connectivity index (χ3n) is 4.70. The van der Waals surface area contributed by atoms with Gasteiger partial charge in [-0.1, -0.05) is 6.07 Å². The van der Waals surface area contributed by atoms with Gasteiger partial charge in [-0.25, -0.2) is 4.98 Å². The van der Waals surface area contributed by atoms with Crippen LogP contribution in [0.2, 0.25) is 0 Å². The second-order valence-corrected chi connectivity index (χ2v) is 7.06. The topological polar surface area (TPSA) is 140 Å². The Labute approximate surface area is 178 Å². The Morgan fingerprint density at radius 2 is 2.10 bits per heavy atom. The number of carbonyl (C=O) groups is 1. The lowest BCUT2D eigenvalue weighted by Crippen LogP contribution is -2.28. The molecule has 3 N–H and O–H groups in total. The number of aromatic hydroxyl groups is 2. The number of hydrogen-bond donors (Lipinski definition) is 3. The molecule has 0 aliphatic heterocycles. The Kier molecular flexibility index (Phi) is 6.58. The summed E-state index contributed by atoms with van der Waals surface area (Å²) in [6.45, 7) is 1.90. The fraction of sp³-hybridized carbons (Fsp3) is 0.333. The Morgan fingerprint density at radius 3 is 2.77 bits per heavy atom. The highest BCUT2D eigenvalue weighted by atomic mass is 16.5. The van der Waals surface area contributed by atoms with Crippen LogP contribution in [0.15, 0.2) is 39.8 Å². The molecule has 1 atom stereocenters. The second kappa shape index (κ2) is 9.33. The lowest BCUT2D eigenvalue weighted by Gasteiger charge is -2.19. The summed E-state index contributed by atoms with van der Waals surface area (Å²) in [5.74, 6) is -0.676. The molecule has 10 heteroatoms. The van der Waals surface area contributed by atoms with Crippen LogP contribution >= 0.6 is 0 Å². The number of aryl methyl sites for hydroxylation is 2. The van der Waals surface area contributed by atoms with E-state index < -0.39 is 17.1 Å². The van der Waals surface area contributed by atoms with E-state index in [-0.39, 0.29) is 29.6 Å². The van der Waals surface area contributed by atoms with Crippen molar-refractivity contribution in [2.24, 2.45) is 7.05 Å². The zero-order chi connectivity index (χ0) is 22.5. The SMILES string of the molecule is COc1cc([C@H](CC(=O)NCCc2ncn(C)n2)c2oc(C)cc(=O)c2O)ccc1O. The van der Waals surface area contributed by atoms with Crippen LogP contribution in [0.4, 0.5) is 0 Å². The van der Waals surface area contributed by atoms with E-state index in [4.69, 9.17) is 9.15 Å². The molecule has 0 bridgehead atoms. The van der Waals surface area contributed by atoms with Crippen LogP contribution in [-0.2, 0) is 18.3 Å². The molecule has 0 saturated carbocycles. The van der Waals surface area contributed by atoms with E-state index in [1.54, 1.807) is 31.0 Å². The number of rotatable bonds is 8. The predicted octanol–water partition coefficient (Wildman–Crippen LogP) is 1.38. The Bertz CT molecular complexity index is 1140. The summed E-state index contributed by atoms with van der Waals surface area (Å²) < 4.78 is 12.4. The molecule has 3 aromatic rings. The normalized spacial score (nSPS) is 11.8. The van der Waals surface area contributed by atoms with E-state index in [0.29, 0.717) is 30.1 Å². The van der Waals surface area contributed by atoms with Crippen molar-refractivity contribution in [3.63, 3.8) is 0 Å². The number of amides is 1. The molecule has 10 nitrogen and oxygen atoms in total. The molecule has 2 heterocycles. The molecule has 1 aromatic carbocycles. The molecule has 1 amide bonds. The standard InChI is InChI=1S/C21H24N4O6/c1-12-8-16(27)20(29)21(31-12)14(13-4-5-15(26)17(9-13)30-3)10-19(28)22-7-6-18-23-11-25(2)24-18/h4-5,8-9,11,14,26,29H,6-7,10H2,1-3H3,(H,22,28)/t14-/m0/s1. The minimum absolute atomic E-state index is 0.0284. The molecule has 0 spiro atoms. The Balaban J connectivity index is 1.85. The summed E-state index contributed by atoms with van der Waals surface area (Å²) in [5.41, 5.74) is -0.0728. The summed E-state index contributed by atoms with van der Waals surface area (Å²) in [4.78, 5) is 28.9. The molecule has 0 aliphatic rings. The third kappa shape index (κ3) is 5.21. The van der Waals surface area contributed by atoms with Crippen molar-refractivity contribution in [3.8, 4) is 17.2 Å². The van der Waals surface area contributed by atoms with Gasteiger partial charge in [0, 0.05) is 32.5 Å². The van der Waals surface area contributed by atoms with Crippen molar-refractivity contribution in [1.29, 1.82) is 0 Å². The third-order valence-corrected chi connectivity index (χ3v) is 4.70. The number of benzene rings is 1. The zero-order valence-electron chi connectivity index (χ0n) is 17.5. The van der Waals surface area contributed by atoms with Gasteiger partial charge in [0.15, 0.2) is 23.1 Å². The first kappa shape index (κ1) is 21.9. The predicted molar refractivity (Wildman–Crippen MR) is 110 cm³/mol. The van der Waals surface area contributed by atoms with E-state index in [0.717, 1.165) is 0 Å². The molecule has 3 rings (SSSR count). The highest BCUT2D eigenvalue weighted by Gasteiger charge is 2.26. The number of phenolic OH excluding ortho intramolecular Hbond substituents is 1. The number of hydrogen-bond acceptors (Lipinski definition) is 8. The minimum atomic E-state index is -0.782. The lowest BCUT2D eigenvalue weighted by atomic mass is 9.91. The number of phenols is 1. The van der Waals surface area contributed by atoms with Gasteiger partial charge >= 0.3 is 0 Å². The van der Waals surface area contributed by atoms with Crippen LogP contribution in [0.1, 0.15) is 35.2 Å². The maximum atomic E-state index is 12.7. The number of methoxy groups -OCH3 is 1. The Morgan fingerprint density at radius 1 is 1.32 bits per heavy atom. The molecule has 0 fully saturated rings. The average molecular weight is 428 g/mol. The number of nitrogens with zero attached hydrogens (tertiary/aromatic N) is 3. The van der Waals surface area contributed by atoms with Gasteiger partial charge in [-0.05, 0) is 24.6 Å². The monoisotopic (exact) mass is 428 g/mol. The van der Waals surface area contributed by atoms with Crippen molar-refractivity contribution in [3.05, 3.63) is 63.7 Å². The highest BCUT2D eigenvalue weighted by molar-refractivity contribution is 5.77. The molecule has 164 valence electrons. The fourth-order valence-corrected chi connectivity index (χ4v) is 3.20. The lowest BCUT2D eigenvalue weighted by molar-refractivity contribution is -0.121. The minimum Gasteiger partial charge on any atom is -0.504 e. The van der Waals surface area contributed by atoms with Crippen LogP contribution in [0.3, 0.4) is 0 Å². The maximum Gasteiger partial charge on any atom is 0.227 e. The van der Waals surface area contributed by atoms with Gasteiger partial charge in [0.2, 0.25) is 17.1 Å². The van der Waals surface area contributed by atoms with Crippen molar-refractivity contribution in [2.75, 3.05) is 13.7 Å². The summed E-state index contributed by atoms with van der Waals surface area (Å²) >= 11 is 0. The summed E-state index contributed by atoms with van der Waals surface area (Å²) in [5, 5.41) is 27.2. The summed E-state index contributed by atoms with van der Waals surface area (Å²) in [7, 11) is 3.16. The van der Waals surface area contributed by atoms with Crippen molar-refractivity contribution in [2.45, 2.75) is 25.7 Å². The van der Waals surface area contributed by atoms with Crippen LogP contribution in [0.5, 0.6) is 17.2 Å². The van der Waals surface area contributed by atoms with Crippen LogP contribution in [0, 0.1) is 6.92 Å². The van der Waals surface area contributed by atoms with Gasteiger partial charge in [-0.15, -0.1) is 0 Å². The van der Waals surface area contributed by atoms with E-state index in [2.05, 4.69) is 15.4 Å². The summed E-state index contributed by atoms with van der Waals surface area (Å²) in [6.07, 6.45) is 1.92. The quantitative estimate of drug-likeness (QED) is 0.489. The van der Waals surface area contributed by atoms with Gasteiger partial charge in [0.1, 0.15) is 12.1 Å². The molecule has 0 saturated heterocycles. The Hall–Kier alpha value is -3.82. The number of nitrogens with one attached hydrogen (secondary N) is 1. The summed E-state index contributed by atoms with van der Waals surface area (Å²) in [6, 6.07) is 5.70. The molecule has 0 unspecified atom stereocenters. The van der Waals surface area contributed by atoms with Crippen LogP contribution < -0.4 is 15.5 Å². The van der Waals surface area contributed by atoms with E-state index >= 15 is 0 Å². The van der Waals surface area contributed by atoms with Gasteiger partial charge in [-0.2, -0.15) is 5.10 Å². The van der Waals surface area contributed by atoms with Gasteiger partial charge in [-0.3, -0.25) is 14.3 Å². The number of aromatic nitrogens is 3. The van der Waals surface area contributed by atoms with Gasteiger partial charge < -0.3 is 24.7 Å². The van der Waals surface area contributed by atoms with Crippen molar-refractivity contribution < 1.29 is 24.2 Å².